The molecular weight excluding hydrogens is 529 g/mol. The number of nitrogens with one attached hydrogen (secondary N) is 1. The van der Waals surface area contributed by atoms with Crippen molar-refractivity contribution in [3.05, 3.63) is 65.6 Å². The van der Waals surface area contributed by atoms with Crippen LogP contribution in [0.25, 0.3) is 11.6 Å². The van der Waals surface area contributed by atoms with Gasteiger partial charge < -0.3 is 18.6 Å². The Morgan fingerprint density at radius 2 is 1.88 bits per heavy atom. The van der Waals surface area contributed by atoms with Gasteiger partial charge in [-0.3, -0.25) is 5.32 Å². The lowest BCUT2D eigenvalue weighted by Crippen LogP contribution is -2.45. The SMILES string of the molecule is Cc1cc(NC(=O)OC(C)(C)C)c2nc1OCCCC=CC[C@](OCc1ccccc1)(C(F)(F)F)c1nnc-2o1. The first-order chi connectivity index (χ1) is 18.9. The minimum Gasteiger partial charge on any atom is -0.477 e. The molecule has 0 aliphatic carbocycles. The van der Waals surface area contributed by atoms with E-state index in [0.29, 0.717) is 24.0 Å². The lowest BCUT2D eigenvalue weighted by Gasteiger charge is -2.31. The largest absolute Gasteiger partial charge is 0.477 e. The van der Waals surface area contributed by atoms with Gasteiger partial charge in [-0.05, 0) is 52.2 Å². The van der Waals surface area contributed by atoms with Crippen molar-refractivity contribution in [3.63, 3.8) is 0 Å². The van der Waals surface area contributed by atoms with Crippen LogP contribution in [0.5, 0.6) is 5.88 Å². The highest BCUT2D eigenvalue weighted by Gasteiger charge is 2.61. The van der Waals surface area contributed by atoms with E-state index in [4.69, 9.17) is 18.6 Å². The quantitative estimate of drug-likeness (QED) is 0.344. The van der Waals surface area contributed by atoms with Crippen molar-refractivity contribution in [1.29, 1.82) is 0 Å². The fourth-order valence-electron chi connectivity index (χ4n) is 3.94. The zero-order chi connectivity index (χ0) is 29.0. The molecular formula is C28H31F3N4O5. The average molecular weight is 561 g/mol. The Kier molecular flexibility index (Phi) is 8.48. The van der Waals surface area contributed by atoms with E-state index in [1.54, 1.807) is 70.2 Å². The number of carbonyl (C=O) groups excluding carboxylic acids is 1. The second-order valence-electron chi connectivity index (χ2n) is 10.3. The van der Waals surface area contributed by atoms with Gasteiger partial charge in [-0.2, -0.15) is 13.2 Å². The predicted molar refractivity (Wildman–Crippen MR) is 140 cm³/mol. The molecule has 0 unspecified atom stereocenters. The number of ether oxygens (including phenoxy) is 3. The van der Waals surface area contributed by atoms with Gasteiger partial charge in [-0.1, -0.05) is 42.5 Å². The Morgan fingerprint density at radius 3 is 2.58 bits per heavy atom. The molecule has 0 saturated heterocycles. The molecule has 0 radical (unpaired) electrons. The number of aromatic nitrogens is 3. The first kappa shape index (κ1) is 29.1. The number of alkyl halides is 3. The molecule has 3 heterocycles. The summed E-state index contributed by atoms with van der Waals surface area (Å²) in [5.41, 5.74) is -2.58. The van der Waals surface area contributed by atoms with Crippen LogP contribution in [0.15, 0.2) is 53.0 Å². The van der Waals surface area contributed by atoms with Gasteiger partial charge in [0.1, 0.15) is 5.60 Å². The van der Waals surface area contributed by atoms with Gasteiger partial charge in [0, 0.05) is 12.0 Å². The second-order valence-corrected chi connectivity index (χ2v) is 10.3. The molecule has 40 heavy (non-hydrogen) atoms. The molecule has 9 nitrogen and oxygen atoms in total. The molecule has 1 N–H and O–H groups in total. The van der Waals surface area contributed by atoms with Crippen LogP contribution < -0.4 is 10.1 Å². The standard InChI is InChI=1S/C28H31F3N4O5/c1-18-16-20(32-25(36)40-26(2,3)4)21-23-34-35-24(39-23)27(28(29,30)31,38-17-19-12-8-7-9-13-19)14-10-5-6-11-15-37-22(18)33-21/h5,7-10,12-13,16H,6,11,14-15,17H2,1-4H3,(H,32,36)/t27-/m1/s1. The van der Waals surface area contributed by atoms with Crippen molar-refractivity contribution in [2.24, 2.45) is 0 Å². The molecule has 1 aliphatic heterocycles. The van der Waals surface area contributed by atoms with Gasteiger partial charge in [-0.25, -0.2) is 9.78 Å². The topological polar surface area (TPSA) is 109 Å². The normalized spacial score (nSPS) is 18.0. The number of pyridine rings is 1. The number of carbonyl (C=O) groups is 1. The Morgan fingerprint density at radius 1 is 1.12 bits per heavy atom. The van der Waals surface area contributed by atoms with Crippen LogP contribution in [-0.2, 0) is 21.7 Å². The van der Waals surface area contributed by atoms with Crippen molar-refractivity contribution < 1.29 is 36.6 Å². The number of aryl methyl sites for hydroxylation is 1. The first-order valence-electron chi connectivity index (χ1n) is 12.8. The zero-order valence-corrected chi connectivity index (χ0v) is 22.7. The number of benzene rings is 1. The van der Waals surface area contributed by atoms with Crippen molar-refractivity contribution in [1.82, 2.24) is 15.2 Å². The molecule has 0 fully saturated rings. The van der Waals surface area contributed by atoms with Crippen LogP contribution in [0.3, 0.4) is 0 Å². The van der Waals surface area contributed by atoms with Crippen molar-refractivity contribution in [3.8, 4) is 17.5 Å². The van der Waals surface area contributed by atoms with Crippen LogP contribution in [0.1, 0.15) is 57.1 Å². The number of fused-ring (bicyclic) bond motifs is 5. The third kappa shape index (κ3) is 6.79. The molecule has 4 bridgehead atoms. The van der Waals surface area contributed by atoms with E-state index in [1.165, 1.54) is 6.08 Å². The summed E-state index contributed by atoms with van der Waals surface area (Å²) in [5.74, 6) is -0.933. The number of anilines is 1. The maximum absolute atomic E-state index is 14.8. The molecule has 1 aliphatic rings. The number of halogens is 3. The second kappa shape index (κ2) is 11.7. The van der Waals surface area contributed by atoms with Gasteiger partial charge in [-0.15, -0.1) is 10.2 Å². The summed E-state index contributed by atoms with van der Waals surface area (Å²) in [5, 5.41) is 10.2. The Hall–Kier alpha value is -3.93. The predicted octanol–water partition coefficient (Wildman–Crippen LogP) is 6.88. The number of amides is 1. The summed E-state index contributed by atoms with van der Waals surface area (Å²) in [7, 11) is 0. The molecule has 1 aromatic carbocycles. The number of nitrogens with zero attached hydrogens (tertiary/aromatic N) is 3. The average Bonchev–Trinajstić information content (AvgIpc) is 3.35. The smallest absolute Gasteiger partial charge is 0.426 e. The van der Waals surface area contributed by atoms with E-state index in [1.807, 2.05) is 0 Å². The molecule has 3 aromatic rings. The maximum Gasteiger partial charge on any atom is 0.426 e. The highest BCUT2D eigenvalue weighted by Crippen LogP contribution is 2.46. The van der Waals surface area contributed by atoms with Crippen LogP contribution in [0, 0.1) is 6.92 Å². The molecule has 12 heteroatoms. The fourth-order valence-corrected chi connectivity index (χ4v) is 3.94. The molecule has 0 spiro atoms. The maximum atomic E-state index is 14.8. The Balaban J connectivity index is 1.81. The van der Waals surface area contributed by atoms with Crippen molar-refractivity contribution in [2.75, 3.05) is 11.9 Å². The zero-order valence-electron chi connectivity index (χ0n) is 22.7. The van der Waals surface area contributed by atoms with Crippen molar-refractivity contribution >= 4 is 11.8 Å². The van der Waals surface area contributed by atoms with Crippen LogP contribution >= 0.6 is 0 Å². The Labute approximate surface area is 229 Å². The molecule has 0 saturated carbocycles. The summed E-state index contributed by atoms with van der Waals surface area (Å²) in [6.45, 7) is 6.73. The minimum absolute atomic E-state index is 0.0723. The highest BCUT2D eigenvalue weighted by atomic mass is 19.4. The summed E-state index contributed by atoms with van der Waals surface area (Å²) < 4.78 is 66.9. The molecule has 1 amide bonds. The molecule has 1 atom stereocenters. The van der Waals surface area contributed by atoms with Crippen molar-refractivity contribution in [2.45, 2.75) is 70.9 Å². The van der Waals surface area contributed by atoms with E-state index in [9.17, 15) is 18.0 Å². The van der Waals surface area contributed by atoms with Gasteiger partial charge in [0.05, 0.1) is 18.9 Å². The third-order valence-corrected chi connectivity index (χ3v) is 5.89. The molecule has 4 rings (SSSR count). The van der Waals surface area contributed by atoms with E-state index < -0.39 is 35.8 Å². The fraction of sp³-hybridized carbons (Fsp3) is 0.429. The van der Waals surface area contributed by atoms with Gasteiger partial charge in [0.15, 0.2) is 5.69 Å². The van der Waals surface area contributed by atoms with Gasteiger partial charge >= 0.3 is 12.3 Å². The summed E-state index contributed by atoms with van der Waals surface area (Å²) in [4.78, 5) is 17.0. The summed E-state index contributed by atoms with van der Waals surface area (Å²) >= 11 is 0. The number of hydrogen-bond donors (Lipinski definition) is 1. The Bertz CT molecular complexity index is 1350. The summed E-state index contributed by atoms with van der Waals surface area (Å²) in [6, 6.07) is 10.1. The van der Waals surface area contributed by atoms with Gasteiger partial charge in [0.2, 0.25) is 11.5 Å². The van der Waals surface area contributed by atoms with Gasteiger partial charge in [0.25, 0.3) is 11.8 Å². The van der Waals surface area contributed by atoms with Crippen LogP contribution in [0.4, 0.5) is 23.7 Å². The lowest BCUT2D eigenvalue weighted by molar-refractivity contribution is -0.295. The van der Waals surface area contributed by atoms with E-state index >= 15 is 0 Å². The highest BCUT2D eigenvalue weighted by molar-refractivity contribution is 5.89. The van der Waals surface area contributed by atoms with Crippen LogP contribution in [0.2, 0.25) is 0 Å². The number of allylic oxidation sites excluding steroid dienone is 1. The number of rotatable bonds is 4. The van der Waals surface area contributed by atoms with Crippen LogP contribution in [-0.4, -0.2) is 39.7 Å². The summed E-state index contributed by atoms with van der Waals surface area (Å²) in [6.07, 6.45) is -2.27. The minimum atomic E-state index is -4.92. The molecule has 2 aromatic heterocycles. The monoisotopic (exact) mass is 560 g/mol. The third-order valence-electron chi connectivity index (χ3n) is 5.89. The van der Waals surface area contributed by atoms with E-state index in [-0.39, 0.29) is 36.4 Å². The molecule has 214 valence electrons. The first-order valence-corrected chi connectivity index (χ1v) is 12.8. The van der Waals surface area contributed by atoms with E-state index in [0.717, 1.165) is 0 Å². The number of hydrogen-bond acceptors (Lipinski definition) is 8. The van der Waals surface area contributed by atoms with E-state index in [2.05, 4.69) is 20.5 Å². The lowest BCUT2D eigenvalue weighted by atomic mass is 9.97.